The van der Waals surface area contributed by atoms with E-state index in [1.807, 2.05) is 42.8 Å². The number of piperazine rings is 1. The molecule has 2 atom stereocenters. The Morgan fingerprint density at radius 1 is 1.19 bits per heavy atom. The summed E-state index contributed by atoms with van der Waals surface area (Å²) in [7, 11) is 0. The van der Waals surface area contributed by atoms with Gasteiger partial charge in [-0.05, 0) is 32.9 Å². The molecule has 3 aromatic rings. The predicted molar refractivity (Wildman–Crippen MR) is 107 cm³/mol. The molecule has 0 spiro atoms. The standard InChI is InChI=1S/C20H26N6O/c1-13-10-25(9-8-21-13)17-6-4-16(5-7-17)20(27)24-18-12-26-11-14(2)22-15(3)19(26)23-18/h4-7,11-13,20-21,24,27H,8-10H2,1-3H3. The summed E-state index contributed by atoms with van der Waals surface area (Å²) < 4.78 is 1.93. The minimum Gasteiger partial charge on any atom is -0.369 e. The second-order valence-corrected chi connectivity index (χ2v) is 7.26. The molecule has 2 unspecified atom stereocenters. The summed E-state index contributed by atoms with van der Waals surface area (Å²) in [6, 6.07) is 8.56. The van der Waals surface area contributed by atoms with Crippen molar-refractivity contribution in [1.29, 1.82) is 0 Å². The molecule has 2 aromatic heterocycles. The fourth-order valence-electron chi connectivity index (χ4n) is 3.63. The van der Waals surface area contributed by atoms with Crippen molar-refractivity contribution in [1.82, 2.24) is 19.7 Å². The molecular weight excluding hydrogens is 340 g/mol. The minimum atomic E-state index is -0.819. The van der Waals surface area contributed by atoms with Crippen molar-refractivity contribution < 1.29 is 5.11 Å². The second kappa shape index (κ2) is 7.17. The fourth-order valence-corrected chi connectivity index (χ4v) is 3.63. The third-order valence-electron chi connectivity index (χ3n) is 4.95. The van der Waals surface area contributed by atoms with Crippen LogP contribution in [0.4, 0.5) is 11.5 Å². The van der Waals surface area contributed by atoms with E-state index in [0.29, 0.717) is 11.9 Å². The number of nitrogens with zero attached hydrogens (tertiary/aromatic N) is 4. The van der Waals surface area contributed by atoms with Gasteiger partial charge in [0.15, 0.2) is 11.9 Å². The molecule has 4 rings (SSSR count). The van der Waals surface area contributed by atoms with E-state index in [1.165, 1.54) is 5.69 Å². The van der Waals surface area contributed by atoms with Gasteiger partial charge in [-0.2, -0.15) is 0 Å². The fraction of sp³-hybridized carbons (Fsp3) is 0.400. The lowest BCUT2D eigenvalue weighted by Gasteiger charge is -2.33. The van der Waals surface area contributed by atoms with Crippen LogP contribution in [0.5, 0.6) is 0 Å². The van der Waals surface area contributed by atoms with Crippen LogP contribution in [0.25, 0.3) is 5.65 Å². The zero-order valence-corrected chi connectivity index (χ0v) is 16.0. The Balaban J connectivity index is 1.48. The van der Waals surface area contributed by atoms with Gasteiger partial charge in [0.1, 0.15) is 5.82 Å². The highest BCUT2D eigenvalue weighted by Gasteiger charge is 2.17. The minimum absolute atomic E-state index is 0.488. The first kappa shape index (κ1) is 17.8. The van der Waals surface area contributed by atoms with Gasteiger partial charge in [-0.1, -0.05) is 12.1 Å². The van der Waals surface area contributed by atoms with Crippen molar-refractivity contribution in [3.8, 4) is 0 Å². The largest absolute Gasteiger partial charge is 0.369 e. The summed E-state index contributed by atoms with van der Waals surface area (Å²) in [4.78, 5) is 11.3. The molecule has 1 aromatic carbocycles. The zero-order chi connectivity index (χ0) is 19.0. The van der Waals surface area contributed by atoms with Gasteiger partial charge in [-0.3, -0.25) is 4.98 Å². The maximum absolute atomic E-state index is 10.6. The summed E-state index contributed by atoms with van der Waals surface area (Å²) in [5.41, 5.74) is 4.59. The summed E-state index contributed by atoms with van der Waals surface area (Å²) in [5.74, 6) is 0.623. The molecule has 0 bridgehead atoms. The first-order valence-electron chi connectivity index (χ1n) is 9.35. The van der Waals surface area contributed by atoms with Gasteiger partial charge >= 0.3 is 0 Å². The smallest absolute Gasteiger partial charge is 0.160 e. The van der Waals surface area contributed by atoms with Gasteiger partial charge in [0.25, 0.3) is 0 Å². The van der Waals surface area contributed by atoms with E-state index in [1.54, 1.807) is 0 Å². The first-order valence-corrected chi connectivity index (χ1v) is 9.35. The monoisotopic (exact) mass is 366 g/mol. The molecule has 1 aliphatic rings. The molecule has 1 fully saturated rings. The Kier molecular flexibility index (Phi) is 4.72. The van der Waals surface area contributed by atoms with Crippen molar-refractivity contribution >= 4 is 17.2 Å². The lowest BCUT2D eigenvalue weighted by Crippen LogP contribution is -2.49. The number of hydrogen-bond donors (Lipinski definition) is 3. The van der Waals surface area contributed by atoms with Crippen LogP contribution in [0.1, 0.15) is 30.1 Å². The molecule has 3 heterocycles. The van der Waals surface area contributed by atoms with E-state index < -0.39 is 6.23 Å². The van der Waals surface area contributed by atoms with Gasteiger partial charge in [-0.15, -0.1) is 0 Å². The van der Waals surface area contributed by atoms with Gasteiger partial charge in [0.05, 0.1) is 17.6 Å². The molecule has 27 heavy (non-hydrogen) atoms. The third kappa shape index (κ3) is 3.74. The van der Waals surface area contributed by atoms with Crippen LogP contribution in [-0.4, -0.2) is 45.2 Å². The van der Waals surface area contributed by atoms with Gasteiger partial charge in [-0.25, -0.2) is 4.98 Å². The number of imidazole rings is 1. The number of aryl methyl sites for hydroxylation is 2. The Bertz CT molecular complexity index is 936. The summed E-state index contributed by atoms with van der Waals surface area (Å²) in [6.45, 7) is 9.07. The molecule has 142 valence electrons. The van der Waals surface area contributed by atoms with E-state index in [4.69, 9.17) is 0 Å². The maximum atomic E-state index is 10.6. The van der Waals surface area contributed by atoms with E-state index >= 15 is 0 Å². The molecule has 0 radical (unpaired) electrons. The molecule has 3 N–H and O–H groups in total. The number of aliphatic hydroxyl groups excluding tert-OH is 1. The summed E-state index contributed by atoms with van der Waals surface area (Å²) in [6.07, 6.45) is 2.98. The second-order valence-electron chi connectivity index (χ2n) is 7.26. The van der Waals surface area contributed by atoms with Crippen molar-refractivity contribution in [3.05, 3.63) is 53.6 Å². The normalized spacial score (nSPS) is 18.7. The number of fused-ring (bicyclic) bond motifs is 1. The summed E-state index contributed by atoms with van der Waals surface area (Å²) in [5, 5.41) is 17.1. The number of aliphatic hydroxyl groups is 1. The summed E-state index contributed by atoms with van der Waals surface area (Å²) >= 11 is 0. The van der Waals surface area contributed by atoms with Crippen molar-refractivity contribution in [2.75, 3.05) is 29.9 Å². The molecule has 7 nitrogen and oxygen atoms in total. The quantitative estimate of drug-likeness (QED) is 0.615. The zero-order valence-electron chi connectivity index (χ0n) is 16.0. The highest BCUT2D eigenvalue weighted by atomic mass is 16.3. The lowest BCUT2D eigenvalue weighted by molar-refractivity contribution is 0.208. The molecule has 0 saturated carbocycles. The average molecular weight is 366 g/mol. The Morgan fingerprint density at radius 3 is 2.70 bits per heavy atom. The molecule has 0 amide bonds. The van der Waals surface area contributed by atoms with Crippen LogP contribution in [0.3, 0.4) is 0 Å². The Morgan fingerprint density at radius 2 is 1.96 bits per heavy atom. The topological polar surface area (TPSA) is 77.7 Å². The molecule has 1 saturated heterocycles. The number of aromatic nitrogens is 3. The predicted octanol–water partition coefficient (Wildman–Crippen LogP) is 2.25. The van der Waals surface area contributed by atoms with Crippen molar-refractivity contribution in [2.45, 2.75) is 33.0 Å². The molecular formula is C20H26N6O. The van der Waals surface area contributed by atoms with Crippen molar-refractivity contribution in [3.63, 3.8) is 0 Å². The number of hydrogen-bond acceptors (Lipinski definition) is 6. The van der Waals surface area contributed by atoms with Crippen LogP contribution >= 0.6 is 0 Å². The average Bonchev–Trinajstić information content (AvgIpc) is 3.04. The van der Waals surface area contributed by atoms with Gasteiger partial charge in [0, 0.05) is 43.1 Å². The van der Waals surface area contributed by atoms with E-state index in [2.05, 4.69) is 44.6 Å². The molecule has 7 heteroatoms. The number of rotatable bonds is 4. The number of benzene rings is 1. The Hall–Kier alpha value is -2.64. The van der Waals surface area contributed by atoms with E-state index in [0.717, 1.165) is 42.2 Å². The van der Waals surface area contributed by atoms with Crippen molar-refractivity contribution in [2.24, 2.45) is 0 Å². The van der Waals surface area contributed by atoms with Gasteiger partial charge in [0.2, 0.25) is 0 Å². The highest BCUT2D eigenvalue weighted by Crippen LogP contribution is 2.22. The highest BCUT2D eigenvalue weighted by molar-refractivity contribution is 5.53. The van der Waals surface area contributed by atoms with Crippen LogP contribution in [0.2, 0.25) is 0 Å². The lowest BCUT2D eigenvalue weighted by atomic mass is 10.1. The van der Waals surface area contributed by atoms with E-state index in [9.17, 15) is 5.11 Å². The third-order valence-corrected chi connectivity index (χ3v) is 4.95. The number of anilines is 2. The van der Waals surface area contributed by atoms with Crippen LogP contribution in [-0.2, 0) is 0 Å². The van der Waals surface area contributed by atoms with Crippen LogP contribution < -0.4 is 15.5 Å². The maximum Gasteiger partial charge on any atom is 0.160 e. The van der Waals surface area contributed by atoms with E-state index in [-0.39, 0.29) is 0 Å². The number of nitrogens with one attached hydrogen (secondary N) is 2. The van der Waals surface area contributed by atoms with Gasteiger partial charge < -0.3 is 25.0 Å². The molecule has 1 aliphatic heterocycles. The molecule has 0 aliphatic carbocycles. The Labute approximate surface area is 159 Å². The van der Waals surface area contributed by atoms with Crippen LogP contribution in [0, 0.1) is 13.8 Å². The first-order chi connectivity index (χ1) is 13.0. The SMILES string of the molecule is Cc1cn2cc(NC(O)c3ccc(N4CCNC(C)C4)cc3)nc2c(C)n1. The van der Waals surface area contributed by atoms with Crippen LogP contribution in [0.15, 0.2) is 36.7 Å².